The molecule has 1 atom stereocenters. The molecule has 3 rings (SSSR count). The molecule has 160 valence electrons. The van der Waals surface area contributed by atoms with Crippen molar-refractivity contribution in [1.29, 1.82) is 0 Å². The smallest absolute Gasteiger partial charge is 0.261 e. The van der Waals surface area contributed by atoms with E-state index in [1.165, 1.54) is 17.0 Å². The van der Waals surface area contributed by atoms with Crippen molar-refractivity contribution in [2.24, 2.45) is 0 Å². The van der Waals surface area contributed by atoms with Gasteiger partial charge in [0, 0.05) is 17.1 Å². The predicted molar refractivity (Wildman–Crippen MR) is 116 cm³/mol. The summed E-state index contributed by atoms with van der Waals surface area (Å²) in [4.78, 5) is 27.3. The third-order valence-electron chi connectivity index (χ3n) is 5.30. The summed E-state index contributed by atoms with van der Waals surface area (Å²) in [6.07, 6.45) is 4.15. The fourth-order valence-electron chi connectivity index (χ4n) is 3.59. The van der Waals surface area contributed by atoms with Gasteiger partial charge in [0.25, 0.3) is 5.91 Å². The van der Waals surface area contributed by atoms with Crippen LogP contribution in [-0.4, -0.2) is 35.4 Å². The van der Waals surface area contributed by atoms with Gasteiger partial charge < -0.3 is 15.0 Å². The number of halogens is 2. The van der Waals surface area contributed by atoms with E-state index in [-0.39, 0.29) is 36.8 Å². The Bertz CT molecular complexity index is 886. The molecule has 0 bridgehead atoms. The van der Waals surface area contributed by atoms with Crippen LogP contribution in [-0.2, 0) is 16.1 Å². The zero-order valence-corrected chi connectivity index (χ0v) is 18.5. The molecule has 2 aromatic carbocycles. The molecule has 0 spiro atoms. The van der Waals surface area contributed by atoms with Crippen molar-refractivity contribution in [3.63, 3.8) is 0 Å². The van der Waals surface area contributed by atoms with E-state index in [0.29, 0.717) is 0 Å². The lowest BCUT2D eigenvalue weighted by Gasteiger charge is -2.29. The summed E-state index contributed by atoms with van der Waals surface area (Å²) in [6.45, 7) is 1.61. The first-order chi connectivity index (χ1) is 14.4. The van der Waals surface area contributed by atoms with Crippen molar-refractivity contribution in [2.45, 2.75) is 51.2 Å². The second kappa shape index (κ2) is 10.6. The number of nitrogens with zero attached hydrogens (tertiary/aromatic N) is 1. The van der Waals surface area contributed by atoms with E-state index in [1.54, 1.807) is 19.1 Å². The lowest BCUT2D eigenvalue weighted by Crippen LogP contribution is -2.50. The lowest BCUT2D eigenvalue weighted by atomic mass is 10.1. The van der Waals surface area contributed by atoms with E-state index in [9.17, 15) is 14.0 Å². The monoisotopic (exact) mass is 476 g/mol. The molecule has 1 fully saturated rings. The van der Waals surface area contributed by atoms with Crippen LogP contribution in [0.3, 0.4) is 0 Å². The Kier molecular flexibility index (Phi) is 7.85. The van der Waals surface area contributed by atoms with Crippen LogP contribution in [0.5, 0.6) is 5.75 Å². The molecule has 1 N–H and O–H groups in total. The number of carbonyl (C=O) groups is 2. The topological polar surface area (TPSA) is 58.6 Å². The molecule has 5 nitrogen and oxygen atoms in total. The molecule has 0 saturated heterocycles. The fraction of sp³-hybridized carbons (Fsp3) is 0.391. The average Bonchev–Trinajstić information content (AvgIpc) is 3.24. The van der Waals surface area contributed by atoms with E-state index in [2.05, 4.69) is 21.2 Å². The van der Waals surface area contributed by atoms with Gasteiger partial charge in [-0.3, -0.25) is 9.59 Å². The van der Waals surface area contributed by atoms with Gasteiger partial charge in [-0.05, 0) is 49.6 Å². The van der Waals surface area contributed by atoms with Gasteiger partial charge in [0.15, 0.2) is 18.2 Å². The highest BCUT2D eigenvalue weighted by molar-refractivity contribution is 9.10. The van der Waals surface area contributed by atoms with Crippen LogP contribution >= 0.6 is 15.9 Å². The maximum atomic E-state index is 13.8. The zero-order chi connectivity index (χ0) is 21.5. The number of benzene rings is 2. The first kappa shape index (κ1) is 22.3. The Balaban J connectivity index is 1.72. The molecule has 1 aliphatic rings. The van der Waals surface area contributed by atoms with Gasteiger partial charge in [-0.2, -0.15) is 0 Å². The molecule has 0 unspecified atom stereocenters. The number of carbonyl (C=O) groups excluding carboxylic acids is 2. The minimum absolute atomic E-state index is 0.0105. The maximum absolute atomic E-state index is 13.8. The Labute approximate surface area is 184 Å². The highest BCUT2D eigenvalue weighted by Gasteiger charge is 2.28. The van der Waals surface area contributed by atoms with Crippen LogP contribution in [0.1, 0.15) is 38.2 Å². The minimum Gasteiger partial charge on any atom is -0.481 e. The lowest BCUT2D eigenvalue weighted by molar-refractivity contribution is -0.142. The minimum atomic E-state index is -0.679. The largest absolute Gasteiger partial charge is 0.481 e. The molecular formula is C23H26BrFN2O3. The number of ether oxygens (including phenoxy) is 1. The quantitative estimate of drug-likeness (QED) is 0.612. The summed E-state index contributed by atoms with van der Waals surface area (Å²) in [5, 5.41) is 3.05. The van der Waals surface area contributed by atoms with Gasteiger partial charge in [-0.15, -0.1) is 0 Å². The van der Waals surface area contributed by atoms with Gasteiger partial charge in [-0.25, -0.2) is 4.39 Å². The van der Waals surface area contributed by atoms with Gasteiger partial charge in [0.1, 0.15) is 6.04 Å². The maximum Gasteiger partial charge on any atom is 0.261 e. The van der Waals surface area contributed by atoms with E-state index in [0.717, 1.165) is 35.7 Å². The molecule has 0 aromatic heterocycles. The first-order valence-corrected chi connectivity index (χ1v) is 10.9. The van der Waals surface area contributed by atoms with Crippen LogP contribution < -0.4 is 10.1 Å². The third-order valence-corrected chi connectivity index (χ3v) is 5.79. The highest BCUT2D eigenvalue weighted by atomic mass is 79.9. The summed E-state index contributed by atoms with van der Waals surface area (Å²) in [6, 6.07) is 13.0. The Morgan fingerprint density at radius 1 is 1.20 bits per heavy atom. The van der Waals surface area contributed by atoms with Gasteiger partial charge >= 0.3 is 0 Å². The van der Waals surface area contributed by atoms with E-state index in [4.69, 9.17) is 4.74 Å². The van der Waals surface area contributed by atoms with E-state index in [1.807, 2.05) is 24.3 Å². The molecule has 1 saturated carbocycles. The van der Waals surface area contributed by atoms with Crippen molar-refractivity contribution >= 4 is 27.7 Å². The number of amides is 2. The van der Waals surface area contributed by atoms with Crippen molar-refractivity contribution in [3.05, 3.63) is 64.4 Å². The van der Waals surface area contributed by atoms with Gasteiger partial charge in [0.2, 0.25) is 5.91 Å². The first-order valence-electron chi connectivity index (χ1n) is 10.2. The summed E-state index contributed by atoms with van der Waals surface area (Å²) in [5.41, 5.74) is 0.879. The van der Waals surface area contributed by atoms with Crippen LogP contribution in [0.15, 0.2) is 53.0 Å². The van der Waals surface area contributed by atoms with Crippen molar-refractivity contribution in [2.75, 3.05) is 6.61 Å². The molecular weight excluding hydrogens is 451 g/mol. The molecule has 1 aliphatic carbocycles. The van der Waals surface area contributed by atoms with Gasteiger partial charge in [-0.1, -0.05) is 53.0 Å². The molecule has 2 aromatic rings. The van der Waals surface area contributed by atoms with Crippen molar-refractivity contribution < 1.29 is 18.7 Å². The second-order valence-electron chi connectivity index (χ2n) is 7.54. The third kappa shape index (κ3) is 6.05. The number of hydrogen-bond acceptors (Lipinski definition) is 3. The summed E-state index contributed by atoms with van der Waals surface area (Å²) < 4.78 is 20.1. The van der Waals surface area contributed by atoms with E-state index >= 15 is 0 Å². The van der Waals surface area contributed by atoms with Crippen LogP contribution in [0, 0.1) is 5.82 Å². The Morgan fingerprint density at radius 3 is 2.63 bits per heavy atom. The number of para-hydroxylation sites is 1. The average molecular weight is 477 g/mol. The molecule has 0 radical (unpaired) electrons. The van der Waals surface area contributed by atoms with Crippen molar-refractivity contribution in [3.8, 4) is 5.75 Å². The van der Waals surface area contributed by atoms with Gasteiger partial charge in [0.05, 0.1) is 0 Å². The summed E-state index contributed by atoms with van der Waals surface area (Å²) in [7, 11) is 0. The SMILES string of the molecule is C[C@H](C(=O)NC1CCCC1)N(Cc1cccc(Br)c1)C(=O)COc1ccccc1F. The second-order valence-corrected chi connectivity index (χ2v) is 8.45. The Morgan fingerprint density at radius 2 is 1.93 bits per heavy atom. The molecule has 30 heavy (non-hydrogen) atoms. The number of nitrogens with one attached hydrogen (secondary N) is 1. The standard InChI is InChI=1S/C23H26BrFN2O3/c1-16(23(29)26-19-9-2-3-10-19)27(14-17-7-6-8-18(24)13-17)22(28)15-30-21-12-5-4-11-20(21)25/h4-8,11-13,16,19H,2-3,9-10,14-15H2,1H3,(H,26,29)/t16-/m1/s1. The molecule has 2 amide bonds. The number of hydrogen-bond donors (Lipinski definition) is 1. The fourth-order valence-corrected chi connectivity index (χ4v) is 4.04. The molecule has 0 aliphatic heterocycles. The summed E-state index contributed by atoms with van der Waals surface area (Å²) in [5.74, 6) is -1.09. The number of rotatable bonds is 8. The Hall–Kier alpha value is -2.41. The highest BCUT2D eigenvalue weighted by Crippen LogP contribution is 2.20. The van der Waals surface area contributed by atoms with Crippen LogP contribution in [0.4, 0.5) is 4.39 Å². The molecule has 7 heteroatoms. The predicted octanol–water partition coefficient (Wildman–Crippen LogP) is 4.44. The van der Waals surface area contributed by atoms with Crippen molar-refractivity contribution in [1.82, 2.24) is 10.2 Å². The van der Waals surface area contributed by atoms with E-state index < -0.39 is 11.9 Å². The molecule has 0 heterocycles. The van der Waals surface area contributed by atoms with Crippen LogP contribution in [0.25, 0.3) is 0 Å². The normalized spacial score (nSPS) is 14.9. The summed E-state index contributed by atoms with van der Waals surface area (Å²) >= 11 is 3.43. The zero-order valence-electron chi connectivity index (χ0n) is 16.9. The van der Waals surface area contributed by atoms with Crippen LogP contribution in [0.2, 0.25) is 0 Å².